The van der Waals surface area contributed by atoms with E-state index in [1.807, 2.05) is 6.07 Å². The van der Waals surface area contributed by atoms with E-state index in [9.17, 15) is 0 Å². The first kappa shape index (κ1) is 11.3. The molecule has 0 saturated heterocycles. The molecule has 0 amide bonds. The zero-order valence-corrected chi connectivity index (χ0v) is 10.0. The lowest BCUT2D eigenvalue weighted by atomic mass is 10.0. The summed E-state index contributed by atoms with van der Waals surface area (Å²) < 4.78 is 0. The summed E-state index contributed by atoms with van der Waals surface area (Å²) in [4.78, 5) is 4.28. The minimum absolute atomic E-state index is 0.530. The van der Waals surface area contributed by atoms with E-state index in [0.717, 1.165) is 11.3 Å². The average Bonchev–Trinajstić information content (AvgIpc) is 2.39. The molecule has 0 N–H and O–H groups in total. The van der Waals surface area contributed by atoms with Gasteiger partial charge in [0.05, 0.1) is 17.3 Å². The molecule has 1 aromatic heterocycles. The highest BCUT2D eigenvalue weighted by Crippen LogP contribution is 2.21. The smallest absolute Gasteiger partial charge is 0.0992 e. The zero-order valence-electron chi connectivity index (χ0n) is 10.0. The molecule has 2 rings (SSSR count). The largest absolute Gasteiger partial charge is 0.256 e. The van der Waals surface area contributed by atoms with E-state index in [-0.39, 0.29) is 0 Å². The molecule has 0 aliphatic rings. The lowest BCUT2D eigenvalue weighted by Gasteiger charge is -2.06. The highest BCUT2D eigenvalue weighted by Gasteiger charge is 2.02. The van der Waals surface area contributed by atoms with Gasteiger partial charge < -0.3 is 0 Å². The number of benzene rings is 1. The van der Waals surface area contributed by atoms with E-state index in [2.05, 4.69) is 49.2 Å². The molecule has 0 spiro atoms. The minimum Gasteiger partial charge on any atom is -0.256 e. The van der Waals surface area contributed by atoms with Crippen molar-refractivity contribution in [1.82, 2.24) is 4.98 Å². The number of aromatic nitrogens is 1. The molecule has 84 valence electrons. The van der Waals surface area contributed by atoms with Crippen LogP contribution in [0.1, 0.15) is 30.9 Å². The number of hydrogen-bond acceptors (Lipinski definition) is 2. The molecule has 0 radical (unpaired) electrons. The van der Waals surface area contributed by atoms with Gasteiger partial charge in [0.15, 0.2) is 0 Å². The van der Waals surface area contributed by atoms with E-state index in [4.69, 9.17) is 5.26 Å². The van der Waals surface area contributed by atoms with Crippen molar-refractivity contribution >= 4 is 0 Å². The lowest BCUT2D eigenvalue weighted by Crippen LogP contribution is -1.88. The maximum absolute atomic E-state index is 8.85. The van der Waals surface area contributed by atoms with Gasteiger partial charge in [0, 0.05) is 11.8 Å². The summed E-state index contributed by atoms with van der Waals surface area (Å²) in [5, 5.41) is 8.85. The van der Waals surface area contributed by atoms with Crippen molar-refractivity contribution in [3.63, 3.8) is 0 Å². The molecule has 0 saturated carbocycles. The van der Waals surface area contributed by atoms with Crippen LogP contribution in [0.3, 0.4) is 0 Å². The molecule has 1 aromatic carbocycles. The lowest BCUT2D eigenvalue weighted by molar-refractivity contribution is 0.867. The molecule has 0 unspecified atom stereocenters. The van der Waals surface area contributed by atoms with Gasteiger partial charge in [-0.1, -0.05) is 38.1 Å². The number of hydrogen-bond donors (Lipinski definition) is 0. The second-order valence-electron chi connectivity index (χ2n) is 4.32. The SMILES string of the molecule is CC(C)c1ccc(-c2cc(C#N)ccn2)cc1. The number of pyridine rings is 1. The average molecular weight is 222 g/mol. The predicted molar refractivity (Wildman–Crippen MR) is 68.5 cm³/mol. The van der Waals surface area contributed by atoms with Crippen molar-refractivity contribution in [2.24, 2.45) is 0 Å². The number of nitrogens with zero attached hydrogens (tertiary/aromatic N) is 2. The molecule has 0 aliphatic heterocycles. The van der Waals surface area contributed by atoms with Crippen LogP contribution in [0.5, 0.6) is 0 Å². The fraction of sp³-hybridized carbons (Fsp3) is 0.200. The Morgan fingerprint density at radius 3 is 2.41 bits per heavy atom. The highest BCUT2D eigenvalue weighted by molar-refractivity contribution is 5.61. The van der Waals surface area contributed by atoms with Crippen LogP contribution in [-0.2, 0) is 0 Å². The fourth-order valence-corrected chi connectivity index (χ4v) is 1.70. The van der Waals surface area contributed by atoms with Crippen LogP contribution >= 0.6 is 0 Å². The van der Waals surface area contributed by atoms with Crippen molar-refractivity contribution in [3.05, 3.63) is 53.7 Å². The van der Waals surface area contributed by atoms with Gasteiger partial charge in [-0.3, -0.25) is 4.98 Å². The molecular formula is C15H14N2. The summed E-state index contributed by atoms with van der Waals surface area (Å²) >= 11 is 0. The third kappa shape index (κ3) is 2.51. The molecule has 2 nitrogen and oxygen atoms in total. The quantitative estimate of drug-likeness (QED) is 0.776. The second-order valence-corrected chi connectivity index (χ2v) is 4.32. The molecule has 1 heterocycles. The normalized spacial score (nSPS) is 10.2. The Labute approximate surface area is 102 Å². The first-order chi connectivity index (χ1) is 8.20. The Morgan fingerprint density at radius 1 is 1.12 bits per heavy atom. The van der Waals surface area contributed by atoms with Gasteiger partial charge in [0.2, 0.25) is 0 Å². The molecule has 0 fully saturated rings. The van der Waals surface area contributed by atoms with Gasteiger partial charge >= 0.3 is 0 Å². The van der Waals surface area contributed by atoms with Crippen molar-refractivity contribution in [2.75, 3.05) is 0 Å². The summed E-state index contributed by atoms with van der Waals surface area (Å²) in [6.07, 6.45) is 1.67. The summed E-state index contributed by atoms with van der Waals surface area (Å²) in [7, 11) is 0. The molecule has 0 atom stereocenters. The van der Waals surface area contributed by atoms with Crippen molar-refractivity contribution < 1.29 is 0 Å². The van der Waals surface area contributed by atoms with Crippen LogP contribution in [-0.4, -0.2) is 4.98 Å². The van der Waals surface area contributed by atoms with Crippen molar-refractivity contribution in [3.8, 4) is 17.3 Å². The second kappa shape index (κ2) is 4.80. The Kier molecular flexibility index (Phi) is 3.20. The van der Waals surface area contributed by atoms with E-state index >= 15 is 0 Å². The molecule has 2 heteroatoms. The van der Waals surface area contributed by atoms with E-state index in [0.29, 0.717) is 11.5 Å². The fourth-order valence-electron chi connectivity index (χ4n) is 1.70. The maximum atomic E-state index is 8.85. The van der Waals surface area contributed by atoms with Crippen molar-refractivity contribution in [1.29, 1.82) is 5.26 Å². The van der Waals surface area contributed by atoms with Crippen LogP contribution in [0.25, 0.3) is 11.3 Å². The Morgan fingerprint density at radius 2 is 1.82 bits per heavy atom. The summed E-state index contributed by atoms with van der Waals surface area (Å²) in [6.45, 7) is 4.34. The third-order valence-electron chi connectivity index (χ3n) is 2.76. The minimum atomic E-state index is 0.530. The Bertz CT molecular complexity index is 548. The van der Waals surface area contributed by atoms with Gasteiger partial charge in [-0.05, 0) is 23.6 Å². The monoisotopic (exact) mass is 222 g/mol. The molecule has 17 heavy (non-hydrogen) atoms. The predicted octanol–water partition coefficient (Wildman–Crippen LogP) is 3.74. The van der Waals surface area contributed by atoms with Gasteiger partial charge in [-0.25, -0.2) is 0 Å². The van der Waals surface area contributed by atoms with Crippen LogP contribution in [0.2, 0.25) is 0 Å². The van der Waals surface area contributed by atoms with Crippen LogP contribution in [0, 0.1) is 11.3 Å². The summed E-state index contributed by atoms with van der Waals surface area (Å²) in [5.41, 5.74) is 3.85. The summed E-state index contributed by atoms with van der Waals surface area (Å²) in [6, 6.07) is 14.0. The molecule has 2 aromatic rings. The number of nitriles is 1. The van der Waals surface area contributed by atoms with Crippen LogP contribution < -0.4 is 0 Å². The van der Waals surface area contributed by atoms with Gasteiger partial charge in [0.25, 0.3) is 0 Å². The molecule has 0 bridgehead atoms. The van der Waals surface area contributed by atoms with Crippen molar-refractivity contribution in [2.45, 2.75) is 19.8 Å². The Balaban J connectivity index is 2.37. The highest BCUT2D eigenvalue weighted by atomic mass is 14.7. The van der Waals surface area contributed by atoms with Gasteiger partial charge in [-0.15, -0.1) is 0 Å². The zero-order chi connectivity index (χ0) is 12.3. The standard InChI is InChI=1S/C15H14N2/c1-11(2)13-3-5-14(6-4-13)15-9-12(10-16)7-8-17-15/h3-9,11H,1-2H3. The summed E-state index contributed by atoms with van der Waals surface area (Å²) in [5.74, 6) is 0.530. The number of rotatable bonds is 2. The van der Waals surface area contributed by atoms with E-state index < -0.39 is 0 Å². The molecular weight excluding hydrogens is 208 g/mol. The topological polar surface area (TPSA) is 36.7 Å². The van der Waals surface area contributed by atoms with Gasteiger partial charge in [0.1, 0.15) is 0 Å². The first-order valence-corrected chi connectivity index (χ1v) is 5.67. The van der Waals surface area contributed by atoms with Crippen LogP contribution in [0.15, 0.2) is 42.6 Å². The molecule has 0 aliphatic carbocycles. The van der Waals surface area contributed by atoms with E-state index in [1.54, 1.807) is 12.3 Å². The van der Waals surface area contributed by atoms with Crippen LogP contribution in [0.4, 0.5) is 0 Å². The van der Waals surface area contributed by atoms with Gasteiger partial charge in [-0.2, -0.15) is 5.26 Å². The first-order valence-electron chi connectivity index (χ1n) is 5.67. The Hall–Kier alpha value is -2.14. The maximum Gasteiger partial charge on any atom is 0.0992 e. The third-order valence-corrected chi connectivity index (χ3v) is 2.76. The van der Waals surface area contributed by atoms with E-state index in [1.165, 1.54) is 5.56 Å².